The van der Waals surface area contributed by atoms with E-state index >= 15 is 0 Å². The number of carbonyl (C=O) groups excluding carboxylic acids is 1. The van der Waals surface area contributed by atoms with Gasteiger partial charge in [-0.25, -0.2) is 9.36 Å². The van der Waals surface area contributed by atoms with Crippen LogP contribution in [0, 0.1) is 0 Å². The van der Waals surface area contributed by atoms with Gasteiger partial charge in [-0.2, -0.15) is 4.98 Å². The van der Waals surface area contributed by atoms with E-state index in [4.69, 9.17) is 24.3 Å². The highest BCUT2D eigenvalue weighted by molar-refractivity contribution is 7.47. The fraction of sp³-hybridized carbons (Fsp3) is 0.828. The molecule has 1 aliphatic heterocycles. The fourth-order valence-electron chi connectivity index (χ4n) is 4.88. The Morgan fingerprint density at radius 3 is 2.12 bits per heavy atom. The number of aliphatic hydroxyl groups is 1. The van der Waals surface area contributed by atoms with Gasteiger partial charge >= 0.3 is 19.5 Å². The number of esters is 1. The number of nitrogens with two attached hydrogens (primary N) is 1. The number of carbonyl (C=O) groups is 1. The lowest BCUT2D eigenvalue weighted by atomic mass is 10.0. The van der Waals surface area contributed by atoms with Crippen LogP contribution in [0.2, 0.25) is 0 Å². The second-order valence-electron chi connectivity index (χ2n) is 11.0. The fourth-order valence-corrected chi connectivity index (χ4v) is 5.65. The number of rotatable bonds is 23. The molecule has 1 fully saturated rings. The summed E-state index contributed by atoms with van der Waals surface area (Å²) >= 11 is 0. The van der Waals surface area contributed by atoms with E-state index in [9.17, 15) is 24.2 Å². The summed E-state index contributed by atoms with van der Waals surface area (Å²) in [7, 11) is -4.41. The van der Waals surface area contributed by atoms with Gasteiger partial charge < -0.3 is 25.2 Å². The SMILES string of the molecule is CCCCCCCCCCCCCCCC(=O)OC1C(COP(=O)(O)OCCCC)OC(n2ccc(N)nc2=O)C1O. The van der Waals surface area contributed by atoms with Crippen LogP contribution in [0.3, 0.4) is 0 Å². The van der Waals surface area contributed by atoms with Crippen LogP contribution in [-0.2, 0) is 27.9 Å². The number of ether oxygens (including phenoxy) is 2. The first kappa shape index (κ1) is 36.4. The van der Waals surface area contributed by atoms with E-state index in [0.29, 0.717) is 12.8 Å². The molecule has 1 aromatic heterocycles. The Balaban J connectivity index is 1.81. The quantitative estimate of drug-likeness (QED) is 0.0814. The van der Waals surface area contributed by atoms with Crippen molar-refractivity contribution in [3.8, 4) is 0 Å². The monoisotopic (exact) mass is 617 g/mol. The number of phosphoric acid groups is 1. The maximum atomic E-state index is 12.7. The van der Waals surface area contributed by atoms with Gasteiger partial charge in [0.25, 0.3) is 0 Å². The first-order chi connectivity index (χ1) is 20.2. The molecule has 0 amide bonds. The number of anilines is 1. The molecule has 0 spiro atoms. The van der Waals surface area contributed by atoms with E-state index in [1.54, 1.807) is 0 Å². The van der Waals surface area contributed by atoms with Crippen molar-refractivity contribution in [2.24, 2.45) is 0 Å². The predicted octanol–water partition coefficient (Wildman–Crippen LogP) is 5.41. The Hall–Kier alpha value is -1.82. The van der Waals surface area contributed by atoms with Crippen LogP contribution < -0.4 is 11.4 Å². The van der Waals surface area contributed by atoms with Crippen LogP contribution in [0.4, 0.5) is 5.82 Å². The third-order valence-electron chi connectivity index (χ3n) is 7.34. The zero-order valence-electron chi connectivity index (χ0n) is 25.4. The van der Waals surface area contributed by atoms with E-state index in [-0.39, 0.29) is 18.8 Å². The summed E-state index contributed by atoms with van der Waals surface area (Å²) in [5.41, 5.74) is 4.79. The number of nitrogens with zero attached hydrogens (tertiary/aromatic N) is 2. The van der Waals surface area contributed by atoms with Gasteiger partial charge in [-0.05, 0) is 18.9 Å². The average Bonchev–Trinajstić information content (AvgIpc) is 3.24. The summed E-state index contributed by atoms with van der Waals surface area (Å²) in [6.45, 7) is 3.66. The minimum absolute atomic E-state index is 0.00477. The van der Waals surface area contributed by atoms with Crippen molar-refractivity contribution >= 4 is 19.6 Å². The predicted molar refractivity (Wildman–Crippen MR) is 160 cm³/mol. The van der Waals surface area contributed by atoms with E-state index in [1.807, 2.05) is 6.92 Å². The van der Waals surface area contributed by atoms with Crippen LogP contribution in [-0.4, -0.2) is 57.0 Å². The second-order valence-corrected chi connectivity index (χ2v) is 12.4. The highest BCUT2D eigenvalue weighted by Crippen LogP contribution is 2.44. The van der Waals surface area contributed by atoms with Crippen LogP contribution in [0.25, 0.3) is 0 Å². The molecule has 2 heterocycles. The van der Waals surface area contributed by atoms with Crippen LogP contribution in [0.1, 0.15) is 123 Å². The van der Waals surface area contributed by atoms with Gasteiger partial charge in [0.05, 0.1) is 13.2 Å². The minimum Gasteiger partial charge on any atom is -0.457 e. The Labute approximate surface area is 249 Å². The Morgan fingerprint density at radius 1 is 0.976 bits per heavy atom. The Bertz CT molecular complexity index is 1010. The number of hydrogen-bond donors (Lipinski definition) is 3. The van der Waals surface area contributed by atoms with Crippen LogP contribution in [0.5, 0.6) is 0 Å². The molecule has 13 heteroatoms. The molecule has 1 saturated heterocycles. The van der Waals surface area contributed by atoms with Gasteiger partial charge in [-0.3, -0.25) is 18.4 Å². The molecule has 2 rings (SSSR count). The molecule has 0 bridgehead atoms. The van der Waals surface area contributed by atoms with Crippen molar-refractivity contribution < 1.29 is 37.9 Å². The average molecular weight is 618 g/mol. The number of aromatic nitrogens is 2. The maximum absolute atomic E-state index is 12.7. The Morgan fingerprint density at radius 2 is 1.55 bits per heavy atom. The lowest BCUT2D eigenvalue weighted by molar-refractivity contribution is -0.156. The van der Waals surface area contributed by atoms with Crippen LogP contribution >= 0.6 is 7.82 Å². The van der Waals surface area contributed by atoms with Crippen molar-refractivity contribution in [1.29, 1.82) is 0 Å². The van der Waals surface area contributed by atoms with Gasteiger partial charge in [-0.1, -0.05) is 97.3 Å². The van der Waals surface area contributed by atoms with Gasteiger partial charge in [-0.15, -0.1) is 0 Å². The van der Waals surface area contributed by atoms with Crippen molar-refractivity contribution in [2.75, 3.05) is 18.9 Å². The molecule has 5 unspecified atom stereocenters. The molecule has 1 aliphatic rings. The molecule has 1 aromatic rings. The van der Waals surface area contributed by atoms with Crippen molar-refractivity contribution in [3.63, 3.8) is 0 Å². The van der Waals surface area contributed by atoms with E-state index in [1.165, 1.54) is 70.1 Å². The molecule has 242 valence electrons. The lowest BCUT2D eigenvalue weighted by Crippen LogP contribution is -2.39. The highest BCUT2D eigenvalue weighted by atomic mass is 31.2. The topological polar surface area (TPSA) is 172 Å². The summed E-state index contributed by atoms with van der Waals surface area (Å²) in [5, 5.41) is 11.0. The standard InChI is InChI=1S/C29H52N3O9P/c1-3-5-7-8-9-10-11-12-13-14-15-16-17-18-25(33)41-27-23(22-39-42(36,37)38-21-6-4-2)40-28(26(27)34)32-20-19-24(30)31-29(32)35/h19-20,23,26-28,34H,3-18,21-22H2,1-2H3,(H,36,37)(H2,30,31,35). The molecule has 4 N–H and O–H groups in total. The molecular formula is C29H52N3O9P. The molecular weight excluding hydrogens is 565 g/mol. The number of phosphoric ester groups is 1. The van der Waals surface area contributed by atoms with Gasteiger partial charge in [0, 0.05) is 12.6 Å². The summed E-state index contributed by atoms with van der Waals surface area (Å²) in [6, 6.07) is 1.36. The summed E-state index contributed by atoms with van der Waals surface area (Å²) in [6.07, 6.45) is 13.0. The van der Waals surface area contributed by atoms with Crippen molar-refractivity contribution in [2.45, 2.75) is 141 Å². The van der Waals surface area contributed by atoms with Gasteiger partial charge in [0.1, 0.15) is 18.0 Å². The molecule has 5 atom stereocenters. The number of hydrogen-bond acceptors (Lipinski definition) is 10. The molecule has 0 aromatic carbocycles. The first-order valence-corrected chi connectivity index (χ1v) is 17.2. The number of nitrogen functional groups attached to an aromatic ring is 1. The second kappa shape index (κ2) is 20.2. The lowest BCUT2D eigenvalue weighted by Gasteiger charge is -2.21. The third-order valence-corrected chi connectivity index (χ3v) is 8.33. The van der Waals surface area contributed by atoms with Crippen molar-refractivity contribution in [3.05, 3.63) is 22.7 Å². The van der Waals surface area contributed by atoms with E-state index in [0.717, 1.165) is 30.3 Å². The third kappa shape index (κ3) is 13.7. The summed E-state index contributed by atoms with van der Waals surface area (Å²) < 4.78 is 34.6. The summed E-state index contributed by atoms with van der Waals surface area (Å²) in [4.78, 5) is 38.7. The number of unbranched alkanes of at least 4 members (excludes halogenated alkanes) is 13. The molecule has 0 aliphatic carbocycles. The molecule has 42 heavy (non-hydrogen) atoms. The van der Waals surface area contributed by atoms with E-state index in [2.05, 4.69) is 11.9 Å². The minimum atomic E-state index is -4.41. The Kier molecular flexibility index (Phi) is 17.5. The first-order valence-electron chi connectivity index (χ1n) is 15.7. The molecule has 12 nitrogen and oxygen atoms in total. The summed E-state index contributed by atoms with van der Waals surface area (Å²) in [5.74, 6) is -0.541. The van der Waals surface area contributed by atoms with Gasteiger partial charge in [0.15, 0.2) is 12.3 Å². The largest absolute Gasteiger partial charge is 0.472 e. The zero-order chi connectivity index (χ0) is 30.8. The van der Waals surface area contributed by atoms with Crippen molar-refractivity contribution in [1.82, 2.24) is 9.55 Å². The number of aliphatic hydroxyl groups excluding tert-OH is 1. The van der Waals surface area contributed by atoms with E-state index < -0.39 is 50.6 Å². The maximum Gasteiger partial charge on any atom is 0.472 e. The van der Waals surface area contributed by atoms with Crippen LogP contribution in [0.15, 0.2) is 17.1 Å². The molecule has 0 radical (unpaired) electrons. The normalized spacial score (nSPS) is 21.8. The zero-order valence-corrected chi connectivity index (χ0v) is 26.3. The molecule has 0 saturated carbocycles. The highest BCUT2D eigenvalue weighted by Gasteiger charge is 2.48. The van der Waals surface area contributed by atoms with Gasteiger partial charge in [0.2, 0.25) is 0 Å². The smallest absolute Gasteiger partial charge is 0.457 e.